The Balaban J connectivity index is 2.31. The summed E-state index contributed by atoms with van der Waals surface area (Å²) in [6.07, 6.45) is 5.10. The molecule has 2 unspecified atom stereocenters. The van der Waals surface area contributed by atoms with E-state index in [9.17, 15) is 5.11 Å². The van der Waals surface area contributed by atoms with Crippen LogP contribution in [-0.4, -0.2) is 22.7 Å². The van der Waals surface area contributed by atoms with Crippen LogP contribution in [0.25, 0.3) is 0 Å². The second-order valence-corrected chi connectivity index (χ2v) is 4.63. The molecule has 1 aliphatic heterocycles. The molecule has 0 radical (unpaired) electrons. The van der Waals surface area contributed by atoms with Gasteiger partial charge in [-0.3, -0.25) is 0 Å². The first-order valence-electron chi connectivity index (χ1n) is 6.10. The molecule has 2 heterocycles. The molecular weight excluding hydrogens is 200 g/mol. The molecule has 3 heteroatoms. The fourth-order valence-corrected chi connectivity index (χ4v) is 2.39. The number of hydrogen-bond donors (Lipinski definition) is 1. The second-order valence-electron chi connectivity index (χ2n) is 4.63. The second kappa shape index (κ2) is 4.83. The van der Waals surface area contributed by atoms with Crippen molar-refractivity contribution in [2.24, 2.45) is 0 Å². The maximum Gasteiger partial charge on any atom is 0.134 e. The molecule has 0 bridgehead atoms. The van der Waals surface area contributed by atoms with Gasteiger partial charge in [0.2, 0.25) is 0 Å². The molecule has 1 N–H and O–H groups in total. The lowest BCUT2D eigenvalue weighted by Crippen LogP contribution is -2.38. The molecule has 2 rings (SSSR count). The van der Waals surface area contributed by atoms with E-state index in [-0.39, 0.29) is 0 Å². The van der Waals surface area contributed by atoms with E-state index in [0.717, 1.165) is 17.9 Å². The highest BCUT2D eigenvalue weighted by Gasteiger charge is 2.22. The van der Waals surface area contributed by atoms with E-state index >= 15 is 0 Å². The van der Waals surface area contributed by atoms with Crippen LogP contribution in [0.1, 0.15) is 44.8 Å². The number of piperidine rings is 1. The van der Waals surface area contributed by atoms with Crippen molar-refractivity contribution in [1.29, 1.82) is 0 Å². The molecule has 1 aromatic rings. The number of anilines is 1. The molecule has 0 spiro atoms. The van der Waals surface area contributed by atoms with Gasteiger partial charge in [-0.15, -0.1) is 0 Å². The van der Waals surface area contributed by atoms with Gasteiger partial charge in [-0.05, 0) is 39.2 Å². The van der Waals surface area contributed by atoms with Crippen LogP contribution < -0.4 is 4.90 Å². The lowest BCUT2D eigenvalue weighted by atomic mass is 10.0. The fraction of sp³-hybridized carbons (Fsp3) is 0.615. The minimum atomic E-state index is -0.446. The van der Waals surface area contributed by atoms with E-state index in [0.29, 0.717) is 6.04 Å². The Labute approximate surface area is 97.1 Å². The zero-order valence-electron chi connectivity index (χ0n) is 10.1. The lowest BCUT2D eigenvalue weighted by molar-refractivity contribution is 0.199. The number of aliphatic hydroxyl groups excluding tert-OH is 1. The van der Waals surface area contributed by atoms with Gasteiger partial charge in [0.1, 0.15) is 5.82 Å². The minimum Gasteiger partial charge on any atom is -0.389 e. The Bertz CT molecular complexity index is 352. The van der Waals surface area contributed by atoms with Crippen LogP contribution in [0, 0.1) is 0 Å². The summed E-state index contributed by atoms with van der Waals surface area (Å²) in [4.78, 5) is 6.76. The first-order chi connectivity index (χ1) is 7.70. The summed E-state index contributed by atoms with van der Waals surface area (Å²) >= 11 is 0. The molecule has 1 aliphatic rings. The van der Waals surface area contributed by atoms with Crippen molar-refractivity contribution in [1.82, 2.24) is 4.98 Å². The number of hydrogen-bond acceptors (Lipinski definition) is 3. The number of nitrogens with zero attached hydrogens (tertiary/aromatic N) is 2. The Morgan fingerprint density at radius 2 is 2.31 bits per heavy atom. The molecule has 0 amide bonds. The first kappa shape index (κ1) is 11.4. The normalized spacial score (nSPS) is 23.2. The Kier molecular flexibility index (Phi) is 3.44. The van der Waals surface area contributed by atoms with Crippen molar-refractivity contribution >= 4 is 5.82 Å². The van der Waals surface area contributed by atoms with E-state index in [1.54, 1.807) is 6.92 Å². The first-order valence-corrected chi connectivity index (χ1v) is 6.10. The highest BCUT2D eigenvalue weighted by Crippen LogP contribution is 2.28. The zero-order chi connectivity index (χ0) is 11.5. The number of aliphatic hydroxyl groups is 1. The van der Waals surface area contributed by atoms with Gasteiger partial charge in [-0.25, -0.2) is 4.98 Å². The van der Waals surface area contributed by atoms with Crippen LogP contribution in [-0.2, 0) is 0 Å². The summed E-state index contributed by atoms with van der Waals surface area (Å²) in [6.45, 7) is 5.09. The van der Waals surface area contributed by atoms with E-state index in [4.69, 9.17) is 0 Å². The average molecular weight is 220 g/mol. The van der Waals surface area contributed by atoms with Crippen molar-refractivity contribution in [3.63, 3.8) is 0 Å². The molecule has 1 saturated heterocycles. The number of rotatable bonds is 2. The molecule has 2 atom stereocenters. The van der Waals surface area contributed by atoms with E-state index in [1.165, 1.54) is 19.3 Å². The summed E-state index contributed by atoms with van der Waals surface area (Å²) in [5.41, 5.74) is 0.941. The van der Waals surface area contributed by atoms with Crippen LogP contribution in [0.3, 0.4) is 0 Å². The van der Waals surface area contributed by atoms with Crippen molar-refractivity contribution in [2.45, 2.75) is 45.3 Å². The maximum absolute atomic E-state index is 9.75. The van der Waals surface area contributed by atoms with Gasteiger partial charge >= 0.3 is 0 Å². The van der Waals surface area contributed by atoms with Crippen molar-refractivity contribution < 1.29 is 5.11 Å². The highest BCUT2D eigenvalue weighted by molar-refractivity contribution is 5.48. The molecule has 0 aromatic carbocycles. The standard InChI is InChI=1S/C13H20N2O/c1-10-6-3-4-9-15(10)13-12(11(2)16)7-5-8-14-13/h5,7-8,10-11,16H,3-4,6,9H2,1-2H3. The van der Waals surface area contributed by atoms with Gasteiger partial charge in [-0.1, -0.05) is 6.07 Å². The van der Waals surface area contributed by atoms with E-state index in [1.807, 2.05) is 18.3 Å². The third-order valence-corrected chi connectivity index (χ3v) is 3.34. The van der Waals surface area contributed by atoms with Gasteiger partial charge in [0.25, 0.3) is 0 Å². The number of pyridine rings is 1. The molecule has 0 saturated carbocycles. The smallest absolute Gasteiger partial charge is 0.134 e. The predicted octanol–water partition coefficient (Wildman–Crippen LogP) is 2.51. The Hall–Kier alpha value is -1.09. The predicted molar refractivity (Wildman–Crippen MR) is 65.5 cm³/mol. The van der Waals surface area contributed by atoms with E-state index in [2.05, 4.69) is 16.8 Å². The zero-order valence-corrected chi connectivity index (χ0v) is 10.1. The topological polar surface area (TPSA) is 36.4 Å². The summed E-state index contributed by atoms with van der Waals surface area (Å²) in [6, 6.07) is 4.38. The highest BCUT2D eigenvalue weighted by atomic mass is 16.3. The van der Waals surface area contributed by atoms with Crippen LogP contribution in [0.5, 0.6) is 0 Å². The molecule has 88 valence electrons. The third-order valence-electron chi connectivity index (χ3n) is 3.34. The van der Waals surface area contributed by atoms with Crippen molar-refractivity contribution in [3.8, 4) is 0 Å². The Morgan fingerprint density at radius 1 is 1.50 bits per heavy atom. The monoisotopic (exact) mass is 220 g/mol. The summed E-state index contributed by atoms with van der Waals surface area (Å²) in [7, 11) is 0. The SMILES string of the molecule is CC(O)c1cccnc1N1CCCCC1C. The van der Waals surface area contributed by atoms with Crippen LogP contribution >= 0.6 is 0 Å². The minimum absolute atomic E-state index is 0.446. The van der Waals surface area contributed by atoms with Crippen molar-refractivity contribution in [2.75, 3.05) is 11.4 Å². The molecule has 1 aromatic heterocycles. The quantitative estimate of drug-likeness (QED) is 0.832. The third kappa shape index (κ3) is 2.19. The van der Waals surface area contributed by atoms with Gasteiger partial charge < -0.3 is 10.0 Å². The average Bonchev–Trinajstić information content (AvgIpc) is 2.29. The largest absolute Gasteiger partial charge is 0.389 e. The lowest BCUT2D eigenvalue weighted by Gasteiger charge is -2.35. The number of aromatic nitrogens is 1. The molecule has 0 aliphatic carbocycles. The van der Waals surface area contributed by atoms with Crippen LogP contribution in [0.15, 0.2) is 18.3 Å². The van der Waals surface area contributed by atoms with Gasteiger partial charge in [-0.2, -0.15) is 0 Å². The summed E-state index contributed by atoms with van der Waals surface area (Å²) in [5, 5.41) is 9.75. The molecule has 3 nitrogen and oxygen atoms in total. The molecule has 1 fully saturated rings. The van der Waals surface area contributed by atoms with Gasteiger partial charge in [0.15, 0.2) is 0 Å². The molecule has 16 heavy (non-hydrogen) atoms. The maximum atomic E-state index is 9.75. The summed E-state index contributed by atoms with van der Waals surface area (Å²) in [5.74, 6) is 0.963. The summed E-state index contributed by atoms with van der Waals surface area (Å²) < 4.78 is 0. The van der Waals surface area contributed by atoms with Gasteiger partial charge in [0.05, 0.1) is 6.10 Å². The van der Waals surface area contributed by atoms with Crippen LogP contribution in [0.2, 0.25) is 0 Å². The molecular formula is C13H20N2O. The van der Waals surface area contributed by atoms with Crippen molar-refractivity contribution in [3.05, 3.63) is 23.9 Å². The van der Waals surface area contributed by atoms with Gasteiger partial charge in [0, 0.05) is 24.3 Å². The van der Waals surface area contributed by atoms with E-state index < -0.39 is 6.10 Å². The fourth-order valence-electron chi connectivity index (χ4n) is 2.39. The Morgan fingerprint density at radius 3 is 3.00 bits per heavy atom. The van der Waals surface area contributed by atoms with Crippen LogP contribution in [0.4, 0.5) is 5.82 Å².